The highest BCUT2D eigenvalue weighted by Crippen LogP contribution is 2.22. The summed E-state index contributed by atoms with van der Waals surface area (Å²) in [6, 6.07) is 28.0. The summed E-state index contributed by atoms with van der Waals surface area (Å²) < 4.78 is 5.85. The van der Waals surface area contributed by atoms with Crippen LogP contribution in [0, 0.1) is 11.8 Å². The summed E-state index contributed by atoms with van der Waals surface area (Å²) in [5, 5.41) is 15.8. The van der Waals surface area contributed by atoms with Gasteiger partial charge in [-0.2, -0.15) is 0 Å². The third kappa shape index (κ3) is 10.5. The van der Waals surface area contributed by atoms with E-state index in [4.69, 9.17) is 4.74 Å². The highest BCUT2D eigenvalue weighted by Gasteiger charge is 2.27. The number of allylic oxidation sites excluding steroid dienone is 2. The van der Waals surface area contributed by atoms with Gasteiger partial charge in [0.1, 0.15) is 6.61 Å². The minimum atomic E-state index is -0.622. The molecule has 226 valence electrons. The van der Waals surface area contributed by atoms with Crippen LogP contribution in [0.2, 0.25) is 0 Å². The van der Waals surface area contributed by atoms with Gasteiger partial charge in [0, 0.05) is 6.42 Å². The Hall–Kier alpha value is -4.23. The molecule has 7 heteroatoms. The molecule has 1 heterocycles. The van der Waals surface area contributed by atoms with Crippen LogP contribution in [0.15, 0.2) is 103 Å². The zero-order chi connectivity index (χ0) is 30.3. The predicted molar refractivity (Wildman–Crippen MR) is 167 cm³/mol. The standard InChI is InChI=1S/C36H42N2O5/c39-25-32(23-28-16-8-4-9-17-28)37-34(40)24-30-20-10-1-2-11-21-31(22-27-14-6-3-7-15-27)36(42)43-26-33(38-35(30)41)29-18-12-5-13-19-29/h1,3-10,12-19,30-33,39H,2,11,20-26H2,(H,37,40)(H,38,41)/t30-,31-,32+,33-/m1/s1. The lowest BCUT2D eigenvalue weighted by Crippen LogP contribution is -2.42. The number of cyclic esters (lactones) is 1. The first kappa shape index (κ1) is 31.7. The third-order valence-electron chi connectivity index (χ3n) is 7.79. The zero-order valence-electron chi connectivity index (χ0n) is 24.6. The number of carbonyl (C=O) groups is 3. The van der Waals surface area contributed by atoms with Crippen molar-refractivity contribution in [1.82, 2.24) is 10.6 Å². The van der Waals surface area contributed by atoms with E-state index in [0.717, 1.165) is 29.5 Å². The SMILES string of the molecule is O=C(C[C@H]1CC=CCCC[C@H](Cc2ccccc2)C(=O)OC[C@H](c2ccccc2)NC1=O)N[C@H](CO)Cc1ccccc1. The van der Waals surface area contributed by atoms with Crippen LogP contribution in [0.1, 0.15) is 54.8 Å². The smallest absolute Gasteiger partial charge is 0.309 e. The molecule has 3 N–H and O–H groups in total. The van der Waals surface area contributed by atoms with Crippen LogP contribution in [0.5, 0.6) is 0 Å². The van der Waals surface area contributed by atoms with Crippen molar-refractivity contribution in [3.05, 3.63) is 120 Å². The Labute approximate surface area is 254 Å². The molecule has 0 saturated carbocycles. The molecule has 0 aliphatic carbocycles. The Morgan fingerprint density at radius 3 is 2.21 bits per heavy atom. The largest absolute Gasteiger partial charge is 0.463 e. The second-order valence-electron chi connectivity index (χ2n) is 11.2. The number of amides is 2. The lowest BCUT2D eigenvalue weighted by molar-refractivity contribution is -0.150. The molecule has 1 aliphatic heterocycles. The van der Waals surface area contributed by atoms with Crippen LogP contribution in [-0.4, -0.2) is 42.1 Å². The highest BCUT2D eigenvalue weighted by molar-refractivity contribution is 5.86. The van der Waals surface area contributed by atoms with Crippen molar-refractivity contribution >= 4 is 17.8 Å². The maximum Gasteiger partial charge on any atom is 0.309 e. The lowest BCUT2D eigenvalue weighted by atomic mass is 9.93. The van der Waals surface area contributed by atoms with E-state index in [1.165, 1.54) is 0 Å². The van der Waals surface area contributed by atoms with Gasteiger partial charge in [0.05, 0.1) is 30.5 Å². The van der Waals surface area contributed by atoms with Crippen molar-refractivity contribution in [2.24, 2.45) is 11.8 Å². The Bertz CT molecular complexity index is 1310. The molecule has 0 spiro atoms. The molecule has 1 aliphatic rings. The van der Waals surface area contributed by atoms with Crippen LogP contribution >= 0.6 is 0 Å². The summed E-state index contributed by atoms with van der Waals surface area (Å²) >= 11 is 0. The van der Waals surface area contributed by atoms with Gasteiger partial charge in [-0.1, -0.05) is 103 Å². The monoisotopic (exact) mass is 582 g/mol. The highest BCUT2D eigenvalue weighted by atomic mass is 16.5. The normalized spacial score (nSPS) is 20.7. The molecule has 0 radical (unpaired) electrons. The molecule has 3 aromatic carbocycles. The van der Waals surface area contributed by atoms with Gasteiger partial charge in [0.15, 0.2) is 0 Å². The maximum atomic E-state index is 13.6. The molecule has 0 fully saturated rings. The number of rotatable bonds is 9. The van der Waals surface area contributed by atoms with E-state index in [1.54, 1.807) is 0 Å². The molecular formula is C36H42N2O5. The molecule has 0 saturated heterocycles. The summed E-state index contributed by atoms with van der Waals surface area (Å²) in [7, 11) is 0. The van der Waals surface area contributed by atoms with Crippen molar-refractivity contribution in [2.75, 3.05) is 13.2 Å². The molecular weight excluding hydrogens is 540 g/mol. The number of aliphatic hydroxyl groups is 1. The van der Waals surface area contributed by atoms with E-state index in [2.05, 4.69) is 10.6 Å². The van der Waals surface area contributed by atoms with Crippen molar-refractivity contribution in [1.29, 1.82) is 0 Å². The molecule has 4 rings (SSSR count). The molecule has 43 heavy (non-hydrogen) atoms. The van der Waals surface area contributed by atoms with E-state index < -0.39 is 18.0 Å². The minimum Gasteiger partial charge on any atom is -0.463 e. The Kier molecular flexibility index (Phi) is 12.5. The van der Waals surface area contributed by atoms with E-state index in [-0.39, 0.29) is 43.3 Å². The van der Waals surface area contributed by atoms with Crippen molar-refractivity contribution in [2.45, 2.75) is 57.0 Å². The van der Waals surface area contributed by atoms with Gasteiger partial charge in [0.2, 0.25) is 11.8 Å². The van der Waals surface area contributed by atoms with Crippen molar-refractivity contribution in [3.8, 4) is 0 Å². The Morgan fingerprint density at radius 2 is 1.53 bits per heavy atom. The number of esters is 1. The Morgan fingerprint density at radius 1 is 0.884 bits per heavy atom. The molecule has 2 amide bonds. The third-order valence-corrected chi connectivity index (χ3v) is 7.79. The number of benzene rings is 3. The molecule has 0 bridgehead atoms. The number of hydrogen-bond acceptors (Lipinski definition) is 5. The van der Waals surface area contributed by atoms with Gasteiger partial charge in [0.25, 0.3) is 0 Å². The van der Waals surface area contributed by atoms with Gasteiger partial charge in [-0.15, -0.1) is 0 Å². The van der Waals surface area contributed by atoms with Crippen LogP contribution in [0.3, 0.4) is 0 Å². The summed E-state index contributed by atoms with van der Waals surface area (Å²) in [6.07, 6.45) is 7.70. The topological polar surface area (TPSA) is 105 Å². The number of hydrogen-bond donors (Lipinski definition) is 3. The lowest BCUT2D eigenvalue weighted by Gasteiger charge is -2.25. The first-order valence-electron chi connectivity index (χ1n) is 15.2. The zero-order valence-corrected chi connectivity index (χ0v) is 24.6. The summed E-state index contributed by atoms with van der Waals surface area (Å²) in [6.45, 7) is -0.206. The first-order valence-corrected chi connectivity index (χ1v) is 15.2. The quantitative estimate of drug-likeness (QED) is 0.241. The van der Waals surface area contributed by atoms with Gasteiger partial charge < -0.3 is 20.5 Å². The summed E-state index contributed by atoms with van der Waals surface area (Å²) in [4.78, 5) is 40.0. The number of ether oxygens (including phenoxy) is 1. The summed E-state index contributed by atoms with van der Waals surface area (Å²) in [5.41, 5.74) is 2.91. The minimum absolute atomic E-state index is 0.00169. The molecule has 0 aromatic heterocycles. The van der Waals surface area contributed by atoms with Crippen LogP contribution in [-0.2, 0) is 32.0 Å². The number of aliphatic hydroxyl groups excluding tert-OH is 1. The van der Waals surface area contributed by atoms with Crippen molar-refractivity contribution < 1.29 is 24.2 Å². The fourth-order valence-corrected chi connectivity index (χ4v) is 5.40. The van der Waals surface area contributed by atoms with Crippen molar-refractivity contribution in [3.63, 3.8) is 0 Å². The summed E-state index contributed by atoms with van der Waals surface area (Å²) in [5.74, 6) is -1.76. The second-order valence-corrected chi connectivity index (χ2v) is 11.2. The van der Waals surface area contributed by atoms with Gasteiger partial charge in [-0.05, 0) is 55.2 Å². The number of carbonyl (C=O) groups excluding carboxylic acids is 3. The fourth-order valence-electron chi connectivity index (χ4n) is 5.40. The molecule has 7 nitrogen and oxygen atoms in total. The Balaban J connectivity index is 1.47. The van der Waals surface area contributed by atoms with Gasteiger partial charge >= 0.3 is 5.97 Å². The van der Waals surface area contributed by atoms with Crippen LogP contribution < -0.4 is 10.6 Å². The molecule has 3 aromatic rings. The van der Waals surface area contributed by atoms with E-state index >= 15 is 0 Å². The van der Waals surface area contributed by atoms with Gasteiger partial charge in [-0.25, -0.2) is 0 Å². The average molecular weight is 583 g/mol. The van der Waals surface area contributed by atoms with Crippen LogP contribution in [0.25, 0.3) is 0 Å². The first-order chi connectivity index (χ1) is 21.0. The average Bonchev–Trinajstić information content (AvgIpc) is 3.03. The van der Waals surface area contributed by atoms with Crippen LogP contribution in [0.4, 0.5) is 0 Å². The fraction of sp³-hybridized carbons (Fsp3) is 0.361. The van der Waals surface area contributed by atoms with E-state index in [1.807, 2.05) is 103 Å². The number of nitrogens with one attached hydrogen (secondary N) is 2. The van der Waals surface area contributed by atoms with E-state index in [0.29, 0.717) is 25.7 Å². The molecule has 4 atom stereocenters. The maximum absolute atomic E-state index is 13.6. The van der Waals surface area contributed by atoms with E-state index in [9.17, 15) is 19.5 Å². The molecule has 0 unspecified atom stereocenters. The van der Waals surface area contributed by atoms with Gasteiger partial charge in [-0.3, -0.25) is 14.4 Å². The second kappa shape index (κ2) is 17.0. The predicted octanol–water partition coefficient (Wildman–Crippen LogP) is 5.10.